The Bertz CT molecular complexity index is 865. The summed E-state index contributed by atoms with van der Waals surface area (Å²) in [5.41, 5.74) is 0.638. The van der Waals surface area contributed by atoms with Gasteiger partial charge in [-0.15, -0.1) is 0 Å². The Kier molecular flexibility index (Phi) is 7.61. The van der Waals surface area contributed by atoms with E-state index in [2.05, 4.69) is 5.32 Å². The number of rotatable bonds is 7. The van der Waals surface area contributed by atoms with Gasteiger partial charge in [0.15, 0.2) is 6.10 Å². The highest BCUT2D eigenvalue weighted by molar-refractivity contribution is 6.33. The molecule has 5 nitrogen and oxygen atoms in total. The second kappa shape index (κ2) is 9.71. The number of nitrogens with one attached hydrogen (secondary N) is 1. The summed E-state index contributed by atoms with van der Waals surface area (Å²) in [5.74, 6) is -1.79. The molecule has 0 aliphatic heterocycles. The summed E-state index contributed by atoms with van der Waals surface area (Å²) in [4.78, 5) is 37.5. The van der Waals surface area contributed by atoms with Crippen molar-refractivity contribution in [3.05, 3.63) is 69.7 Å². The van der Waals surface area contributed by atoms with Crippen LogP contribution < -0.4 is 5.32 Å². The lowest BCUT2D eigenvalue weighted by molar-refractivity contribution is -0.149. The lowest BCUT2D eigenvalue weighted by Crippen LogP contribution is -2.46. The predicted molar refractivity (Wildman–Crippen MR) is 109 cm³/mol. The summed E-state index contributed by atoms with van der Waals surface area (Å²) in [6, 6.07) is 11.9. The number of Topliss-reactive ketones (excluding diaryl/α,β-unsaturated/α-hetero) is 1. The number of carbonyl (C=O) groups is 3. The second-order valence-electron chi connectivity index (χ2n) is 6.63. The minimum absolute atomic E-state index is 0.253. The van der Waals surface area contributed by atoms with Gasteiger partial charge < -0.3 is 10.1 Å². The van der Waals surface area contributed by atoms with Gasteiger partial charge in [-0.1, -0.05) is 49.2 Å². The minimum Gasteiger partial charge on any atom is -0.453 e. The van der Waals surface area contributed by atoms with Crippen molar-refractivity contribution < 1.29 is 19.1 Å². The van der Waals surface area contributed by atoms with Gasteiger partial charge in [0.05, 0.1) is 10.6 Å². The quantitative estimate of drug-likeness (QED) is 0.525. The van der Waals surface area contributed by atoms with Crippen molar-refractivity contribution in [1.82, 2.24) is 5.32 Å². The predicted octanol–water partition coefficient (Wildman–Crippen LogP) is 4.56. The first-order valence-corrected chi connectivity index (χ1v) is 9.52. The zero-order valence-corrected chi connectivity index (χ0v) is 17.3. The first kappa shape index (κ1) is 21.9. The highest BCUT2D eigenvalue weighted by Gasteiger charge is 2.30. The van der Waals surface area contributed by atoms with Crippen LogP contribution in [0, 0.1) is 5.92 Å². The number of hydrogen-bond acceptors (Lipinski definition) is 4. The first-order valence-electron chi connectivity index (χ1n) is 8.76. The van der Waals surface area contributed by atoms with Gasteiger partial charge in [0.1, 0.15) is 6.04 Å². The van der Waals surface area contributed by atoms with Crippen molar-refractivity contribution in [2.45, 2.75) is 32.9 Å². The fourth-order valence-electron chi connectivity index (χ4n) is 2.51. The third kappa shape index (κ3) is 5.57. The number of ketones is 1. The van der Waals surface area contributed by atoms with Crippen LogP contribution in [0.15, 0.2) is 48.5 Å². The lowest BCUT2D eigenvalue weighted by atomic mass is 10.0. The normalized spacial score (nSPS) is 12.9. The van der Waals surface area contributed by atoms with Crippen LogP contribution in [0.25, 0.3) is 0 Å². The standard InChI is InChI=1S/C21H21Cl2NO4/c1-12(2)18(24-20(26)16-6-4-5-7-17(16)23)21(27)28-13(3)19(25)14-8-10-15(22)11-9-14/h4-13,18H,1-3H3,(H,24,26)/t13?,18-/m0/s1. The average molecular weight is 422 g/mol. The van der Waals surface area contributed by atoms with E-state index in [1.165, 1.54) is 6.92 Å². The van der Waals surface area contributed by atoms with Crippen molar-refractivity contribution >= 4 is 40.9 Å². The molecular weight excluding hydrogens is 401 g/mol. The Morgan fingerprint density at radius 1 is 0.929 bits per heavy atom. The van der Waals surface area contributed by atoms with Gasteiger partial charge >= 0.3 is 5.97 Å². The molecule has 0 saturated heterocycles. The number of ether oxygens (including phenoxy) is 1. The van der Waals surface area contributed by atoms with E-state index in [1.807, 2.05) is 0 Å². The van der Waals surface area contributed by atoms with Crippen LogP contribution in [0.2, 0.25) is 10.0 Å². The van der Waals surface area contributed by atoms with Crippen LogP contribution in [0.1, 0.15) is 41.5 Å². The topological polar surface area (TPSA) is 72.5 Å². The first-order chi connectivity index (χ1) is 13.2. The van der Waals surface area contributed by atoms with Crippen molar-refractivity contribution in [2.24, 2.45) is 5.92 Å². The van der Waals surface area contributed by atoms with Crippen LogP contribution in [-0.2, 0) is 9.53 Å². The molecule has 148 valence electrons. The van der Waals surface area contributed by atoms with Gasteiger partial charge in [0, 0.05) is 10.6 Å². The number of amides is 1. The molecule has 28 heavy (non-hydrogen) atoms. The average Bonchev–Trinajstić information content (AvgIpc) is 2.65. The van der Waals surface area contributed by atoms with Gasteiger partial charge in [-0.05, 0) is 49.2 Å². The molecule has 1 unspecified atom stereocenters. The number of halogens is 2. The zero-order valence-electron chi connectivity index (χ0n) is 15.7. The molecule has 0 spiro atoms. The van der Waals surface area contributed by atoms with Gasteiger partial charge in [-0.2, -0.15) is 0 Å². The molecule has 0 fully saturated rings. The maximum Gasteiger partial charge on any atom is 0.329 e. The highest BCUT2D eigenvalue weighted by atomic mass is 35.5. The van der Waals surface area contributed by atoms with E-state index in [9.17, 15) is 14.4 Å². The largest absolute Gasteiger partial charge is 0.453 e. The van der Waals surface area contributed by atoms with Crippen molar-refractivity contribution in [1.29, 1.82) is 0 Å². The van der Waals surface area contributed by atoms with Crippen LogP contribution in [0.3, 0.4) is 0 Å². The van der Waals surface area contributed by atoms with Gasteiger partial charge in [0.25, 0.3) is 5.91 Å². The lowest BCUT2D eigenvalue weighted by Gasteiger charge is -2.23. The molecular formula is C21H21Cl2NO4. The summed E-state index contributed by atoms with van der Waals surface area (Å²) in [7, 11) is 0. The fraction of sp³-hybridized carbons (Fsp3) is 0.286. The number of carbonyl (C=O) groups excluding carboxylic acids is 3. The maximum atomic E-state index is 12.6. The van der Waals surface area contributed by atoms with Crippen molar-refractivity contribution in [2.75, 3.05) is 0 Å². The number of hydrogen-bond donors (Lipinski definition) is 1. The molecule has 0 saturated carbocycles. The van der Waals surface area contributed by atoms with E-state index < -0.39 is 24.0 Å². The molecule has 0 aliphatic rings. The molecule has 1 amide bonds. The Hall–Kier alpha value is -2.37. The van der Waals surface area contributed by atoms with E-state index in [4.69, 9.17) is 27.9 Å². The van der Waals surface area contributed by atoms with E-state index >= 15 is 0 Å². The molecule has 7 heteroatoms. The minimum atomic E-state index is -1.01. The Morgan fingerprint density at radius 2 is 1.54 bits per heavy atom. The maximum absolute atomic E-state index is 12.6. The van der Waals surface area contributed by atoms with Gasteiger partial charge in [-0.3, -0.25) is 9.59 Å². The van der Waals surface area contributed by atoms with E-state index in [-0.39, 0.29) is 22.3 Å². The molecule has 2 aromatic carbocycles. The Labute approximate surface area is 174 Å². The van der Waals surface area contributed by atoms with E-state index in [1.54, 1.807) is 62.4 Å². The molecule has 1 N–H and O–H groups in total. The molecule has 0 radical (unpaired) electrons. The molecule has 0 heterocycles. The van der Waals surface area contributed by atoms with Crippen LogP contribution in [-0.4, -0.2) is 29.8 Å². The summed E-state index contributed by atoms with van der Waals surface area (Å²) in [6.07, 6.45) is -1.01. The van der Waals surface area contributed by atoms with E-state index in [0.29, 0.717) is 10.6 Å². The van der Waals surface area contributed by atoms with E-state index in [0.717, 1.165) is 0 Å². The summed E-state index contributed by atoms with van der Waals surface area (Å²) >= 11 is 11.9. The number of benzene rings is 2. The zero-order chi connectivity index (χ0) is 20.8. The van der Waals surface area contributed by atoms with Crippen LogP contribution in [0.5, 0.6) is 0 Å². The molecule has 2 aromatic rings. The van der Waals surface area contributed by atoms with Gasteiger partial charge in [0.2, 0.25) is 5.78 Å². The summed E-state index contributed by atoms with van der Waals surface area (Å²) in [6.45, 7) is 5.02. The van der Waals surface area contributed by atoms with Crippen molar-refractivity contribution in [3.63, 3.8) is 0 Å². The second-order valence-corrected chi connectivity index (χ2v) is 7.47. The molecule has 0 aliphatic carbocycles. The summed E-state index contributed by atoms with van der Waals surface area (Å²) < 4.78 is 5.32. The van der Waals surface area contributed by atoms with Crippen LogP contribution in [0.4, 0.5) is 0 Å². The molecule has 2 atom stereocenters. The Balaban J connectivity index is 2.08. The Morgan fingerprint density at radius 3 is 2.11 bits per heavy atom. The highest BCUT2D eigenvalue weighted by Crippen LogP contribution is 2.17. The monoisotopic (exact) mass is 421 g/mol. The third-order valence-electron chi connectivity index (χ3n) is 4.12. The fourth-order valence-corrected chi connectivity index (χ4v) is 2.86. The van der Waals surface area contributed by atoms with Crippen LogP contribution >= 0.6 is 23.2 Å². The van der Waals surface area contributed by atoms with Crippen molar-refractivity contribution in [3.8, 4) is 0 Å². The number of esters is 1. The SMILES string of the molecule is CC(OC(=O)[C@@H](NC(=O)c1ccccc1Cl)C(C)C)C(=O)c1ccc(Cl)cc1. The summed E-state index contributed by atoms with van der Waals surface area (Å²) in [5, 5.41) is 3.42. The third-order valence-corrected chi connectivity index (χ3v) is 4.70. The van der Waals surface area contributed by atoms with Gasteiger partial charge in [-0.25, -0.2) is 4.79 Å². The smallest absolute Gasteiger partial charge is 0.329 e. The molecule has 0 aromatic heterocycles. The molecule has 0 bridgehead atoms. The molecule has 2 rings (SSSR count).